The molecule has 30 heavy (non-hydrogen) atoms. The van der Waals surface area contributed by atoms with Gasteiger partial charge in [0.25, 0.3) is 0 Å². The van der Waals surface area contributed by atoms with E-state index in [1.807, 2.05) is 25.3 Å². The molecule has 5 nitrogen and oxygen atoms in total. The number of Topliss-reactive ketones (excluding diaryl/α,β-unsaturated/α-hetero) is 1. The van der Waals surface area contributed by atoms with Crippen LogP contribution in [-0.4, -0.2) is 22.3 Å². The number of hydrogen-bond acceptors (Lipinski definition) is 6. The molecule has 0 saturated heterocycles. The maximum Gasteiger partial charge on any atom is 0.233 e. The van der Waals surface area contributed by atoms with Gasteiger partial charge < -0.3 is 14.9 Å². The molecule has 2 N–H and O–H groups in total. The van der Waals surface area contributed by atoms with Gasteiger partial charge in [-0.1, -0.05) is 35.5 Å². The largest absolute Gasteiger partial charge is 0.508 e. The monoisotopic (exact) mass is 418 g/mol. The van der Waals surface area contributed by atoms with Crippen LogP contribution < -0.4 is 5.32 Å². The van der Waals surface area contributed by atoms with Crippen molar-refractivity contribution in [1.29, 1.82) is 0 Å². The third kappa shape index (κ3) is 3.03. The number of phenols is 1. The van der Waals surface area contributed by atoms with Gasteiger partial charge >= 0.3 is 0 Å². The zero-order chi connectivity index (χ0) is 20.8. The highest BCUT2D eigenvalue weighted by atomic mass is 32.2. The Balaban J connectivity index is 1.61. The predicted octanol–water partition coefficient (Wildman–Crippen LogP) is 5.37. The minimum atomic E-state index is -0.198. The van der Waals surface area contributed by atoms with Gasteiger partial charge in [-0.3, -0.25) is 4.79 Å². The van der Waals surface area contributed by atoms with E-state index >= 15 is 0 Å². The number of thioether (sulfide) groups is 1. The SMILES string of the molecule is CSc1ccc(C2C3=C(CC(c4ccccc4O)CC3=O)Nc3onc(C)c32)cc1. The molecule has 2 heterocycles. The van der Waals surface area contributed by atoms with Crippen molar-refractivity contribution >= 4 is 23.4 Å². The number of allylic oxidation sites excluding steroid dienone is 2. The number of nitrogens with zero attached hydrogens (tertiary/aromatic N) is 1. The Labute approximate surface area is 179 Å². The fraction of sp³-hybridized carbons (Fsp3) is 0.250. The third-order valence-corrected chi connectivity index (χ3v) is 6.83. The van der Waals surface area contributed by atoms with Crippen molar-refractivity contribution < 1.29 is 14.4 Å². The Kier molecular flexibility index (Phi) is 4.66. The second kappa shape index (κ2) is 7.36. The van der Waals surface area contributed by atoms with Crippen molar-refractivity contribution in [3.8, 4) is 5.75 Å². The molecule has 0 fully saturated rings. The predicted molar refractivity (Wildman–Crippen MR) is 117 cm³/mol. The smallest absolute Gasteiger partial charge is 0.233 e. The fourth-order valence-corrected chi connectivity index (χ4v) is 5.06. The van der Waals surface area contributed by atoms with Crippen molar-refractivity contribution in [2.75, 3.05) is 11.6 Å². The van der Waals surface area contributed by atoms with E-state index in [1.165, 1.54) is 4.90 Å². The molecule has 0 bridgehead atoms. The van der Waals surface area contributed by atoms with Crippen LogP contribution in [0.4, 0.5) is 5.88 Å². The van der Waals surface area contributed by atoms with Gasteiger partial charge in [-0.2, -0.15) is 0 Å². The summed E-state index contributed by atoms with van der Waals surface area (Å²) in [6, 6.07) is 15.6. The van der Waals surface area contributed by atoms with Gasteiger partial charge in [-0.05, 0) is 48.9 Å². The van der Waals surface area contributed by atoms with Crippen molar-refractivity contribution in [3.05, 3.63) is 82.2 Å². The number of aromatic hydroxyl groups is 1. The molecular formula is C24H22N2O3S. The molecule has 1 aromatic heterocycles. The molecule has 6 heteroatoms. The van der Waals surface area contributed by atoms with E-state index in [-0.39, 0.29) is 23.4 Å². The number of nitrogens with one attached hydrogen (secondary N) is 1. The van der Waals surface area contributed by atoms with Crippen LogP contribution in [0.15, 0.2) is 69.2 Å². The maximum atomic E-state index is 13.4. The Hall–Kier alpha value is -2.99. The van der Waals surface area contributed by atoms with Crippen molar-refractivity contribution in [2.24, 2.45) is 0 Å². The zero-order valence-corrected chi connectivity index (χ0v) is 17.6. The van der Waals surface area contributed by atoms with Gasteiger partial charge in [0.1, 0.15) is 5.75 Å². The summed E-state index contributed by atoms with van der Waals surface area (Å²) in [6.07, 6.45) is 3.06. The molecule has 1 aliphatic heterocycles. The number of aromatic nitrogens is 1. The first-order chi connectivity index (χ1) is 14.6. The zero-order valence-electron chi connectivity index (χ0n) is 16.8. The molecule has 152 valence electrons. The van der Waals surface area contributed by atoms with E-state index < -0.39 is 0 Å². The maximum absolute atomic E-state index is 13.4. The highest BCUT2D eigenvalue weighted by molar-refractivity contribution is 7.98. The topological polar surface area (TPSA) is 75.4 Å². The lowest BCUT2D eigenvalue weighted by Gasteiger charge is -2.34. The minimum absolute atomic E-state index is 0.0740. The quantitative estimate of drug-likeness (QED) is 0.557. The molecule has 0 amide bonds. The number of aryl methyl sites for hydroxylation is 1. The molecule has 0 radical (unpaired) electrons. The minimum Gasteiger partial charge on any atom is -0.508 e. The number of rotatable bonds is 3. The number of anilines is 1. The number of carbonyl (C=O) groups is 1. The highest BCUT2D eigenvalue weighted by Crippen LogP contribution is 2.49. The average Bonchev–Trinajstić information content (AvgIpc) is 3.13. The van der Waals surface area contributed by atoms with Crippen LogP contribution in [0, 0.1) is 6.92 Å². The summed E-state index contributed by atoms with van der Waals surface area (Å²) in [5.41, 5.74) is 5.24. The van der Waals surface area contributed by atoms with Crippen LogP contribution in [0.3, 0.4) is 0 Å². The number of para-hydroxylation sites is 1. The van der Waals surface area contributed by atoms with Crippen LogP contribution in [0.5, 0.6) is 5.75 Å². The van der Waals surface area contributed by atoms with Crippen LogP contribution in [0.1, 0.15) is 47.1 Å². The molecule has 1 aliphatic carbocycles. The van der Waals surface area contributed by atoms with Gasteiger partial charge in [-0.15, -0.1) is 11.8 Å². The standard InChI is InChI=1S/C24H22N2O3S/c1-13-21-22(14-7-9-16(30-2)10-8-14)23-18(25-24(21)29-26-13)11-15(12-20(23)28)17-5-3-4-6-19(17)27/h3-10,15,22,25,27H,11-12H2,1-2H3. The Morgan fingerprint density at radius 3 is 2.63 bits per heavy atom. The lowest BCUT2D eigenvalue weighted by molar-refractivity contribution is -0.116. The molecule has 0 spiro atoms. The molecule has 0 saturated carbocycles. The first kappa shape index (κ1) is 19.0. The second-order valence-electron chi connectivity index (χ2n) is 7.82. The number of carbonyl (C=O) groups excluding carboxylic acids is 1. The summed E-state index contributed by atoms with van der Waals surface area (Å²) >= 11 is 1.69. The average molecular weight is 419 g/mol. The normalized spacial score (nSPS) is 20.5. The number of phenolic OH excluding ortho intramolecular Hbond substituents is 1. The Morgan fingerprint density at radius 2 is 1.90 bits per heavy atom. The summed E-state index contributed by atoms with van der Waals surface area (Å²) in [4.78, 5) is 14.6. The molecular weight excluding hydrogens is 396 g/mol. The first-order valence-corrected chi connectivity index (χ1v) is 11.2. The van der Waals surface area contributed by atoms with Crippen LogP contribution >= 0.6 is 11.8 Å². The van der Waals surface area contributed by atoms with Crippen LogP contribution in [0.2, 0.25) is 0 Å². The summed E-state index contributed by atoms with van der Waals surface area (Å²) < 4.78 is 5.57. The van der Waals surface area contributed by atoms with Crippen molar-refractivity contribution in [3.63, 3.8) is 0 Å². The van der Waals surface area contributed by atoms with Gasteiger partial charge in [0.05, 0.1) is 11.3 Å². The van der Waals surface area contributed by atoms with Gasteiger partial charge in [0.2, 0.25) is 5.88 Å². The second-order valence-corrected chi connectivity index (χ2v) is 8.70. The van der Waals surface area contributed by atoms with E-state index in [2.05, 4.69) is 34.7 Å². The van der Waals surface area contributed by atoms with E-state index in [0.717, 1.165) is 33.7 Å². The number of ketones is 1. The van der Waals surface area contributed by atoms with Gasteiger partial charge in [0.15, 0.2) is 5.78 Å². The summed E-state index contributed by atoms with van der Waals surface area (Å²) in [6.45, 7) is 1.91. The summed E-state index contributed by atoms with van der Waals surface area (Å²) in [7, 11) is 0. The van der Waals surface area contributed by atoms with Crippen LogP contribution in [0.25, 0.3) is 0 Å². The molecule has 2 aromatic carbocycles. The summed E-state index contributed by atoms with van der Waals surface area (Å²) in [5, 5.41) is 17.8. The van der Waals surface area contributed by atoms with Crippen molar-refractivity contribution in [1.82, 2.24) is 5.16 Å². The Morgan fingerprint density at radius 1 is 1.13 bits per heavy atom. The van der Waals surface area contributed by atoms with Crippen LogP contribution in [-0.2, 0) is 4.79 Å². The number of hydrogen-bond donors (Lipinski definition) is 2. The fourth-order valence-electron chi connectivity index (χ4n) is 4.65. The number of fused-ring (bicyclic) bond motifs is 1. The van der Waals surface area contributed by atoms with E-state index in [9.17, 15) is 9.90 Å². The molecule has 2 unspecified atom stereocenters. The van der Waals surface area contributed by atoms with E-state index in [1.54, 1.807) is 23.9 Å². The lowest BCUT2D eigenvalue weighted by atomic mass is 9.72. The molecule has 3 aromatic rings. The van der Waals surface area contributed by atoms with Crippen molar-refractivity contribution in [2.45, 2.75) is 36.5 Å². The van der Waals surface area contributed by atoms with Gasteiger partial charge in [0, 0.05) is 34.4 Å². The highest BCUT2D eigenvalue weighted by Gasteiger charge is 2.41. The van der Waals surface area contributed by atoms with Gasteiger partial charge in [-0.25, -0.2) is 0 Å². The van der Waals surface area contributed by atoms with E-state index in [0.29, 0.717) is 18.7 Å². The molecule has 2 aliphatic rings. The Bertz CT molecular complexity index is 1160. The lowest BCUT2D eigenvalue weighted by Crippen LogP contribution is -2.29. The third-order valence-electron chi connectivity index (χ3n) is 6.08. The number of benzene rings is 2. The molecule has 5 rings (SSSR count). The molecule has 2 atom stereocenters. The van der Waals surface area contributed by atoms with E-state index in [4.69, 9.17) is 4.52 Å². The first-order valence-electron chi connectivity index (χ1n) is 9.98. The summed E-state index contributed by atoms with van der Waals surface area (Å²) in [5.74, 6) is 0.667.